The Kier molecular flexibility index (Phi) is 2.15. The van der Waals surface area contributed by atoms with E-state index in [0.717, 1.165) is 5.75 Å². The zero-order valence-electron chi connectivity index (χ0n) is 8.03. The second-order valence-electron chi connectivity index (χ2n) is 3.70. The van der Waals surface area contributed by atoms with E-state index in [9.17, 15) is 4.79 Å². The predicted molar refractivity (Wildman–Crippen MR) is 51.1 cm³/mol. The zero-order valence-corrected chi connectivity index (χ0v) is 8.03. The van der Waals surface area contributed by atoms with Crippen molar-refractivity contribution in [3.8, 4) is 5.75 Å². The van der Waals surface area contributed by atoms with E-state index in [2.05, 4.69) is 0 Å². The minimum atomic E-state index is -0.424. The summed E-state index contributed by atoms with van der Waals surface area (Å²) in [6.07, 6.45) is 0.444. The van der Waals surface area contributed by atoms with Gasteiger partial charge in [-0.3, -0.25) is 4.79 Å². The molecule has 1 atom stereocenters. The number of para-hydroxylation sites is 1. The molecule has 0 N–H and O–H groups in total. The Hall–Kier alpha value is -1.51. The number of esters is 1. The Labute approximate surface area is 82.6 Å². The predicted octanol–water partition coefficient (Wildman–Crippen LogP) is 1.77. The minimum absolute atomic E-state index is 0.149. The van der Waals surface area contributed by atoms with Gasteiger partial charge in [0.15, 0.2) is 5.60 Å². The van der Waals surface area contributed by atoms with E-state index in [-0.39, 0.29) is 5.97 Å². The molecule has 1 heterocycles. The molecule has 1 aliphatic heterocycles. The van der Waals surface area contributed by atoms with Gasteiger partial charge < -0.3 is 9.47 Å². The van der Waals surface area contributed by atoms with Crippen LogP contribution in [0.2, 0.25) is 0 Å². The van der Waals surface area contributed by atoms with Crippen LogP contribution in [-0.2, 0) is 9.53 Å². The molecule has 1 saturated heterocycles. The molecule has 1 aromatic carbocycles. The highest BCUT2D eigenvalue weighted by atomic mass is 16.6. The zero-order chi connectivity index (χ0) is 10.0. The maximum atomic E-state index is 10.6. The third-order valence-corrected chi connectivity index (χ3v) is 2.17. The Balaban J connectivity index is 1.86. The number of hydrogen-bond donors (Lipinski definition) is 0. The molecule has 0 aromatic heterocycles. The topological polar surface area (TPSA) is 35.5 Å². The molecule has 1 fully saturated rings. The van der Waals surface area contributed by atoms with E-state index in [1.54, 1.807) is 0 Å². The first-order chi connectivity index (χ1) is 6.68. The first kappa shape index (κ1) is 9.06. The fourth-order valence-electron chi connectivity index (χ4n) is 1.41. The molecule has 3 nitrogen and oxygen atoms in total. The van der Waals surface area contributed by atoms with Gasteiger partial charge in [-0.05, 0) is 19.1 Å². The van der Waals surface area contributed by atoms with E-state index in [1.807, 2.05) is 37.3 Å². The van der Waals surface area contributed by atoms with Crippen LogP contribution in [0.15, 0.2) is 30.3 Å². The number of carbonyl (C=O) groups excluding carboxylic acids is 1. The SMILES string of the molecule is CC1(COc2ccccc2)CC(=O)O1. The lowest BCUT2D eigenvalue weighted by atomic mass is 9.98. The van der Waals surface area contributed by atoms with Gasteiger partial charge in [-0.15, -0.1) is 0 Å². The second-order valence-corrected chi connectivity index (χ2v) is 3.70. The van der Waals surface area contributed by atoms with E-state index < -0.39 is 5.60 Å². The summed E-state index contributed by atoms with van der Waals surface area (Å²) in [5.74, 6) is 0.654. The number of rotatable bonds is 3. The lowest BCUT2D eigenvalue weighted by Gasteiger charge is -2.36. The third kappa shape index (κ3) is 1.87. The number of ether oxygens (including phenoxy) is 2. The fraction of sp³-hybridized carbons (Fsp3) is 0.364. The maximum Gasteiger partial charge on any atom is 0.310 e. The van der Waals surface area contributed by atoms with Gasteiger partial charge in [-0.1, -0.05) is 18.2 Å². The largest absolute Gasteiger partial charge is 0.489 e. The maximum absolute atomic E-state index is 10.6. The summed E-state index contributed by atoms with van der Waals surface area (Å²) in [6, 6.07) is 9.50. The summed E-state index contributed by atoms with van der Waals surface area (Å²) in [5.41, 5.74) is -0.424. The first-order valence-corrected chi connectivity index (χ1v) is 4.58. The van der Waals surface area contributed by atoms with Crippen LogP contribution >= 0.6 is 0 Å². The van der Waals surface area contributed by atoms with Crippen molar-refractivity contribution in [3.63, 3.8) is 0 Å². The molecule has 0 bridgehead atoms. The first-order valence-electron chi connectivity index (χ1n) is 4.58. The number of carbonyl (C=O) groups is 1. The lowest BCUT2D eigenvalue weighted by molar-refractivity contribution is -0.192. The van der Waals surface area contributed by atoms with Gasteiger partial charge in [0.25, 0.3) is 0 Å². The molecular formula is C11H12O3. The van der Waals surface area contributed by atoms with Gasteiger partial charge in [-0.2, -0.15) is 0 Å². The summed E-state index contributed by atoms with van der Waals surface area (Å²) in [4.78, 5) is 10.6. The summed E-state index contributed by atoms with van der Waals surface area (Å²) in [5, 5.41) is 0. The molecule has 0 amide bonds. The lowest BCUT2D eigenvalue weighted by Crippen LogP contribution is -2.49. The quantitative estimate of drug-likeness (QED) is 0.685. The van der Waals surface area contributed by atoms with Crippen molar-refractivity contribution in [2.45, 2.75) is 18.9 Å². The van der Waals surface area contributed by atoms with Crippen molar-refractivity contribution in [1.82, 2.24) is 0 Å². The molecule has 2 rings (SSSR count). The summed E-state index contributed by atoms with van der Waals surface area (Å²) < 4.78 is 10.5. The Morgan fingerprint density at radius 3 is 2.64 bits per heavy atom. The molecular weight excluding hydrogens is 180 g/mol. The normalized spacial score (nSPS) is 25.1. The highest BCUT2D eigenvalue weighted by molar-refractivity contribution is 5.76. The average molecular weight is 192 g/mol. The molecule has 1 aliphatic rings. The fourth-order valence-corrected chi connectivity index (χ4v) is 1.41. The Morgan fingerprint density at radius 1 is 1.43 bits per heavy atom. The van der Waals surface area contributed by atoms with Gasteiger partial charge in [-0.25, -0.2) is 0 Å². The van der Waals surface area contributed by atoms with Crippen LogP contribution in [0, 0.1) is 0 Å². The molecule has 0 spiro atoms. The molecule has 0 aliphatic carbocycles. The van der Waals surface area contributed by atoms with Gasteiger partial charge >= 0.3 is 5.97 Å². The summed E-state index contributed by atoms with van der Waals surface area (Å²) in [6.45, 7) is 2.29. The van der Waals surface area contributed by atoms with Crippen molar-refractivity contribution in [3.05, 3.63) is 30.3 Å². The van der Waals surface area contributed by atoms with Crippen LogP contribution in [0.3, 0.4) is 0 Å². The molecule has 3 heteroatoms. The van der Waals surface area contributed by atoms with Gasteiger partial charge in [0, 0.05) is 0 Å². The van der Waals surface area contributed by atoms with Crippen molar-refractivity contribution >= 4 is 5.97 Å². The van der Waals surface area contributed by atoms with E-state index >= 15 is 0 Å². The van der Waals surface area contributed by atoms with E-state index in [0.29, 0.717) is 13.0 Å². The molecule has 74 valence electrons. The molecule has 14 heavy (non-hydrogen) atoms. The number of benzene rings is 1. The standard InChI is InChI=1S/C11H12O3/c1-11(7-10(12)14-11)8-13-9-5-3-2-4-6-9/h2-6H,7-8H2,1H3. The van der Waals surface area contributed by atoms with Gasteiger partial charge in [0.2, 0.25) is 0 Å². The molecule has 1 aromatic rings. The summed E-state index contributed by atoms with van der Waals surface area (Å²) >= 11 is 0. The Morgan fingerprint density at radius 2 is 2.07 bits per heavy atom. The number of hydrogen-bond acceptors (Lipinski definition) is 3. The molecule has 0 radical (unpaired) electrons. The highest BCUT2D eigenvalue weighted by Gasteiger charge is 2.42. The van der Waals surface area contributed by atoms with Crippen LogP contribution in [0.4, 0.5) is 0 Å². The van der Waals surface area contributed by atoms with Gasteiger partial charge in [0.05, 0.1) is 6.42 Å². The third-order valence-electron chi connectivity index (χ3n) is 2.17. The number of cyclic esters (lactones) is 1. The molecule has 1 unspecified atom stereocenters. The van der Waals surface area contributed by atoms with Crippen LogP contribution in [0.5, 0.6) is 5.75 Å². The van der Waals surface area contributed by atoms with Crippen LogP contribution in [-0.4, -0.2) is 18.2 Å². The van der Waals surface area contributed by atoms with Crippen molar-refractivity contribution in [1.29, 1.82) is 0 Å². The monoisotopic (exact) mass is 192 g/mol. The second kappa shape index (κ2) is 3.33. The van der Waals surface area contributed by atoms with E-state index in [1.165, 1.54) is 0 Å². The summed E-state index contributed by atoms with van der Waals surface area (Å²) in [7, 11) is 0. The van der Waals surface area contributed by atoms with Crippen molar-refractivity contribution in [2.75, 3.05) is 6.61 Å². The minimum Gasteiger partial charge on any atom is -0.489 e. The Bertz CT molecular complexity index is 324. The highest BCUT2D eigenvalue weighted by Crippen LogP contribution is 2.27. The average Bonchev–Trinajstić information content (AvgIpc) is 2.15. The van der Waals surface area contributed by atoms with Gasteiger partial charge in [0.1, 0.15) is 12.4 Å². The van der Waals surface area contributed by atoms with Crippen LogP contribution in [0.25, 0.3) is 0 Å². The van der Waals surface area contributed by atoms with Crippen molar-refractivity contribution in [2.24, 2.45) is 0 Å². The van der Waals surface area contributed by atoms with Crippen LogP contribution in [0.1, 0.15) is 13.3 Å². The van der Waals surface area contributed by atoms with Crippen molar-refractivity contribution < 1.29 is 14.3 Å². The van der Waals surface area contributed by atoms with Crippen LogP contribution < -0.4 is 4.74 Å². The molecule has 0 saturated carbocycles. The smallest absolute Gasteiger partial charge is 0.310 e. The van der Waals surface area contributed by atoms with E-state index in [4.69, 9.17) is 9.47 Å².